The van der Waals surface area contributed by atoms with Crippen LogP contribution in [0.3, 0.4) is 0 Å². The lowest BCUT2D eigenvalue weighted by atomic mass is 9.87. The summed E-state index contributed by atoms with van der Waals surface area (Å²) in [5.74, 6) is -1.42. The summed E-state index contributed by atoms with van der Waals surface area (Å²) in [6.07, 6.45) is -2.71. The standard InChI is InChI=1S/C22H26F3NO3/c23-22(24,25)18-5-8-19(9-6-18)29-20-7-3-14-11-15(1-2-16(14)12-20)17(13-26)4-10-21(27)28/h1-3,7,11-12,17-19H,4-6,8-10,13,26H2,(H,27,28). The third-order valence-electron chi connectivity index (χ3n) is 5.74. The van der Waals surface area contributed by atoms with E-state index in [0.717, 1.165) is 16.3 Å². The Balaban J connectivity index is 1.66. The highest BCUT2D eigenvalue weighted by molar-refractivity contribution is 5.84. The van der Waals surface area contributed by atoms with Crippen molar-refractivity contribution in [1.29, 1.82) is 0 Å². The number of aliphatic carboxylic acids is 1. The molecule has 1 aliphatic carbocycles. The van der Waals surface area contributed by atoms with Crippen LogP contribution in [-0.4, -0.2) is 29.9 Å². The van der Waals surface area contributed by atoms with E-state index in [0.29, 0.717) is 31.6 Å². The zero-order valence-electron chi connectivity index (χ0n) is 16.1. The zero-order chi connectivity index (χ0) is 21.0. The molecule has 2 aromatic carbocycles. The normalized spacial score (nSPS) is 21.1. The third-order valence-corrected chi connectivity index (χ3v) is 5.74. The van der Waals surface area contributed by atoms with E-state index in [9.17, 15) is 18.0 Å². The number of carboxylic acid groups (broad SMARTS) is 1. The highest BCUT2D eigenvalue weighted by Gasteiger charge is 2.41. The summed E-state index contributed by atoms with van der Waals surface area (Å²) in [5, 5.41) is 10.8. The quantitative estimate of drug-likeness (QED) is 0.655. The Morgan fingerprint density at radius 2 is 1.76 bits per heavy atom. The van der Waals surface area contributed by atoms with E-state index >= 15 is 0 Å². The van der Waals surface area contributed by atoms with Gasteiger partial charge in [0, 0.05) is 6.42 Å². The maximum absolute atomic E-state index is 12.8. The van der Waals surface area contributed by atoms with Gasteiger partial charge in [-0.3, -0.25) is 4.79 Å². The lowest BCUT2D eigenvalue weighted by molar-refractivity contribution is -0.185. The van der Waals surface area contributed by atoms with Gasteiger partial charge in [-0.25, -0.2) is 0 Å². The summed E-state index contributed by atoms with van der Waals surface area (Å²) >= 11 is 0. The van der Waals surface area contributed by atoms with Crippen LogP contribution in [0, 0.1) is 5.92 Å². The smallest absolute Gasteiger partial charge is 0.391 e. The summed E-state index contributed by atoms with van der Waals surface area (Å²) in [5.41, 5.74) is 6.82. The Hall–Kier alpha value is -2.28. The Morgan fingerprint density at radius 3 is 2.38 bits per heavy atom. The topological polar surface area (TPSA) is 72.6 Å². The van der Waals surface area contributed by atoms with E-state index in [1.165, 1.54) is 0 Å². The molecule has 3 N–H and O–H groups in total. The summed E-state index contributed by atoms with van der Waals surface area (Å²) < 4.78 is 44.3. The Kier molecular flexibility index (Phi) is 6.67. The van der Waals surface area contributed by atoms with E-state index in [4.69, 9.17) is 15.6 Å². The number of rotatable bonds is 7. The fourth-order valence-corrected chi connectivity index (χ4v) is 3.99. The highest BCUT2D eigenvalue weighted by atomic mass is 19.4. The van der Waals surface area contributed by atoms with Crippen molar-refractivity contribution in [3.05, 3.63) is 42.0 Å². The Labute approximate surface area is 167 Å². The average Bonchev–Trinajstić information content (AvgIpc) is 2.68. The van der Waals surface area contributed by atoms with E-state index in [1.54, 1.807) is 0 Å². The number of fused-ring (bicyclic) bond motifs is 1. The number of benzene rings is 2. The van der Waals surface area contributed by atoms with Gasteiger partial charge in [0.05, 0.1) is 12.0 Å². The molecule has 0 saturated heterocycles. The molecule has 0 amide bonds. The van der Waals surface area contributed by atoms with E-state index in [-0.39, 0.29) is 31.3 Å². The lowest BCUT2D eigenvalue weighted by Crippen LogP contribution is -2.31. The van der Waals surface area contributed by atoms with Gasteiger partial charge in [0.1, 0.15) is 5.75 Å². The van der Waals surface area contributed by atoms with Crippen molar-refractivity contribution in [3.8, 4) is 5.75 Å². The first-order chi connectivity index (χ1) is 13.8. The molecule has 1 atom stereocenters. The minimum atomic E-state index is -4.11. The van der Waals surface area contributed by atoms with Crippen molar-refractivity contribution in [1.82, 2.24) is 0 Å². The predicted octanol–water partition coefficient (Wildman–Crippen LogP) is 5.25. The van der Waals surface area contributed by atoms with Crippen LogP contribution >= 0.6 is 0 Å². The maximum Gasteiger partial charge on any atom is 0.391 e. The molecular weight excluding hydrogens is 383 g/mol. The fraction of sp³-hybridized carbons (Fsp3) is 0.500. The molecule has 0 aliphatic heterocycles. The lowest BCUT2D eigenvalue weighted by Gasteiger charge is -2.30. The summed E-state index contributed by atoms with van der Waals surface area (Å²) in [6.45, 7) is 0.376. The molecule has 1 saturated carbocycles. The van der Waals surface area contributed by atoms with Crippen LogP contribution in [0.25, 0.3) is 10.8 Å². The molecule has 1 aliphatic rings. The number of ether oxygens (including phenoxy) is 1. The molecule has 7 heteroatoms. The van der Waals surface area contributed by atoms with E-state index in [1.807, 2.05) is 36.4 Å². The molecule has 1 unspecified atom stereocenters. The van der Waals surface area contributed by atoms with Gasteiger partial charge < -0.3 is 15.6 Å². The molecule has 1 fully saturated rings. The summed E-state index contributed by atoms with van der Waals surface area (Å²) in [4.78, 5) is 10.8. The molecule has 4 nitrogen and oxygen atoms in total. The number of carbonyl (C=O) groups is 1. The van der Waals surface area contributed by atoms with Gasteiger partial charge in [-0.15, -0.1) is 0 Å². The largest absolute Gasteiger partial charge is 0.490 e. The van der Waals surface area contributed by atoms with Crippen molar-refractivity contribution in [2.75, 3.05) is 6.54 Å². The van der Waals surface area contributed by atoms with Gasteiger partial charge >= 0.3 is 12.1 Å². The Bertz CT molecular complexity index is 845. The van der Waals surface area contributed by atoms with E-state index < -0.39 is 18.1 Å². The highest BCUT2D eigenvalue weighted by Crippen LogP contribution is 2.38. The summed E-state index contributed by atoms with van der Waals surface area (Å²) in [7, 11) is 0. The second-order valence-corrected chi connectivity index (χ2v) is 7.77. The number of nitrogens with two attached hydrogens (primary N) is 1. The number of hydrogen-bond donors (Lipinski definition) is 2. The van der Waals surface area contributed by atoms with Gasteiger partial charge in [0.15, 0.2) is 0 Å². The van der Waals surface area contributed by atoms with Gasteiger partial charge in [0.2, 0.25) is 0 Å². The molecule has 158 valence electrons. The van der Waals surface area contributed by atoms with Crippen LogP contribution in [0.15, 0.2) is 36.4 Å². The van der Waals surface area contributed by atoms with Crippen molar-refractivity contribution < 1.29 is 27.8 Å². The van der Waals surface area contributed by atoms with Crippen molar-refractivity contribution in [2.24, 2.45) is 11.7 Å². The zero-order valence-corrected chi connectivity index (χ0v) is 16.1. The van der Waals surface area contributed by atoms with Crippen LogP contribution in [0.4, 0.5) is 13.2 Å². The minimum absolute atomic E-state index is 0.0183. The Morgan fingerprint density at radius 1 is 1.10 bits per heavy atom. The van der Waals surface area contributed by atoms with Gasteiger partial charge in [-0.1, -0.05) is 24.3 Å². The molecule has 0 bridgehead atoms. The first kappa shape index (κ1) is 21.4. The molecule has 0 radical (unpaired) electrons. The minimum Gasteiger partial charge on any atom is -0.490 e. The molecule has 0 aromatic heterocycles. The molecule has 3 rings (SSSR count). The first-order valence-corrected chi connectivity index (χ1v) is 9.95. The second kappa shape index (κ2) is 9.03. The average molecular weight is 409 g/mol. The molecule has 2 aromatic rings. The number of hydrogen-bond acceptors (Lipinski definition) is 3. The van der Waals surface area contributed by atoms with Crippen molar-refractivity contribution in [3.63, 3.8) is 0 Å². The van der Waals surface area contributed by atoms with Crippen LogP contribution in [0.1, 0.15) is 50.0 Å². The molecule has 0 spiro atoms. The molecule has 29 heavy (non-hydrogen) atoms. The van der Waals surface area contributed by atoms with Gasteiger partial charge in [0.25, 0.3) is 0 Å². The predicted molar refractivity (Wildman–Crippen MR) is 105 cm³/mol. The summed E-state index contributed by atoms with van der Waals surface area (Å²) in [6, 6.07) is 11.5. The van der Waals surface area contributed by atoms with Crippen LogP contribution in [0.5, 0.6) is 5.75 Å². The number of halogens is 3. The SMILES string of the molecule is NCC(CCC(=O)O)c1ccc2cc(OC3CCC(C(F)(F)F)CC3)ccc2c1. The maximum atomic E-state index is 12.8. The number of carboxylic acids is 1. The van der Waals surface area contributed by atoms with E-state index in [2.05, 4.69) is 0 Å². The second-order valence-electron chi connectivity index (χ2n) is 7.77. The first-order valence-electron chi connectivity index (χ1n) is 9.95. The third kappa shape index (κ3) is 5.63. The number of alkyl halides is 3. The van der Waals surface area contributed by atoms with Crippen molar-refractivity contribution in [2.45, 2.75) is 56.7 Å². The van der Waals surface area contributed by atoms with Crippen LogP contribution in [-0.2, 0) is 4.79 Å². The molecular formula is C22H26F3NO3. The molecule has 0 heterocycles. The van der Waals surface area contributed by atoms with Crippen molar-refractivity contribution >= 4 is 16.7 Å². The van der Waals surface area contributed by atoms with Crippen LogP contribution < -0.4 is 10.5 Å². The monoisotopic (exact) mass is 409 g/mol. The van der Waals surface area contributed by atoms with Crippen LogP contribution in [0.2, 0.25) is 0 Å². The van der Waals surface area contributed by atoms with Gasteiger partial charge in [-0.05, 0) is 73.0 Å². The fourth-order valence-electron chi connectivity index (χ4n) is 3.99. The van der Waals surface area contributed by atoms with Gasteiger partial charge in [-0.2, -0.15) is 13.2 Å².